The van der Waals surface area contributed by atoms with Crippen molar-refractivity contribution < 1.29 is 0 Å². The molecule has 21 heavy (non-hydrogen) atoms. The van der Waals surface area contributed by atoms with Gasteiger partial charge < -0.3 is 0 Å². The fourth-order valence-electron chi connectivity index (χ4n) is 2.48. The molecule has 0 unspecified atom stereocenters. The molecule has 0 spiro atoms. The summed E-state index contributed by atoms with van der Waals surface area (Å²) in [6.45, 7) is 6.29. The molecule has 0 N–H and O–H groups in total. The lowest BCUT2D eigenvalue weighted by Gasteiger charge is -1.93. The van der Waals surface area contributed by atoms with Crippen LogP contribution in [-0.4, -0.2) is 0 Å². The monoisotopic (exact) mass is 274 g/mol. The summed E-state index contributed by atoms with van der Waals surface area (Å²) in [6, 6.07) is 23.1. The molecule has 0 aliphatic rings. The Morgan fingerprint density at radius 3 is 1.52 bits per heavy atom. The molecule has 3 aromatic rings. The number of rotatable bonds is 0. The molecule has 0 heterocycles. The Labute approximate surface area is 127 Å². The fourth-order valence-corrected chi connectivity index (χ4v) is 2.48. The van der Waals surface area contributed by atoms with E-state index in [1.165, 1.54) is 26.8 Å². The summed E-state index contributed by atoms with van der Waals surface area (Å²) in [5.41, 5.74) is 1.35. The number of benzene rings is 3. The van der Waals surface area contributed by atoms with E-state index in [0.717, 1.165) is 0 Å². The second-order valence-corrected chi connectivity index (χ2v) is 5.00. The lowest BCUT2D eigenvalue weighted by atomic mass is 10.1. The number of hydrogen-bond acceptors (Lipinski definition) is 0. The summed E-state index contributed by atoms with van der Waals surface area (Å²) in [5, 5.41) is 5.30. The summed E-state index contributed by atoms with van der Waals surface area (Å²) >= 11 is 0. The predicted octanol–water partition coefficient (Wildman–Crippen LogP) is 4.44. The number of hydrogen-bond donors (Lipinski definition) is 0. The van der Waals surface area contributed by atoms with Crippen LogP contribution in [0, 0.1) is 6.92 Å². The van der Waals surface area contributed by atoms with Gasteiger partial charge in [0.25, 0.3) is 0 Å². The highest BCUT2D eigenvalue weighted by Crippen LogP contribution is 2.11. The van der Waals surface area contributed by atoms with Crippen LogP contribution >= 0.6 is 0 Å². The molecule has 0 nitrogen and oxygen atoms in total. The molecule has 0 atom stereocenters. The van der Waals surface area contributed by atoms with E-state index in [1.807, 2.05) is 0 Å². The summed E-state index contributed by atoms with van der Waals surface area (Å²) in [5.74, 6) is 0. The van der Waals surface area contributed by atoms with E-state index in [-0.39, 0.29) is 0 Å². The van der Waals surface area contributed by atoms with Crippen LogP contribution in [0.5, 0.6) is 0 Å². The van der Waals surface area contributed by atoms with Crippen LogP contribution in [0.25, 0.3) is 22.9 Å². The normalized spacial score (nSPS) is 12.1. The highest BCUT2D eigenvalue weighted by molar-refractivity contribution is 5.81. The van der Waals surface area contributed by atoms with E-state index in [1.54, 1.807) is 0 Å². The van der Waals surface area contributed by atoms with Gasteiger partial charge in [0.2, 0.25) is 0 Å². The van der Waals surface area contributed by atoms with E-state index in [2.05, 4.69) is 99.7 Å². The van der Waals surface area contributed by atoms with Gasteiger partial charge in [0, 0.05) is 0 Å². The lowest BCUT2D eigenvalue weighted by Crippen LogP contribution is -2.25. The molecule has 0 radical (unpaired) electrons. The quantitative estimate of drug-likeness (QED) is 0.568. The van der Waals surface area contributed by atoms with Gasteiger partial charge in [-0.25, -0.2) is 0 Å². The van der Waals surface area contributed by atoms with Gasteiger partial charge in [-0.2, -0.15) is 0 Å². The van der Waals surface area contributed by atoms with Crippen LogP contribution in [0.1, 0.15) is 19.4 Å². The third kappa shape index (κ3) is 3.82. The predicted molar refractivity (Wildman–Crippen MR) is 94.7 cm³/mol. The van der Waals surface area contributed by atoms with Crippen LogP contribution in [0.3, 0.4) is 0 Å². The molecular formula is C21H22. The first-order valence-corrected chi connectivity index (χ1v) is 7.38. The van der Waals surface area contributed by atoms with E-state index < -0.39 is 0 Å². The van der Waals surface area contributed by atoms with Crippen LogP contribution in [0.2, 0.25) is 0 Å². The lowest BCUT2D eigenvalue weighted by molar-refractivity contribution is 1.36. The highest BCUT2D eigenvalue weighted by Gasteiger charge is 1.86. The Hall–Kier alpha value is -2.34. The first-order chi connectivity index (χ1) is 10.3. The Morgan fingerprint density at radius 2 is 1.14 bits per heavy atom. The molecule has 0 aliphatic heterocycles. The minimum atomic E-state index is 1.31. The number of fused-ring (bicyclic) bond motifs is 1. The first kappa shape index (κ1) is 15.1. The number of aryl methyl sites for hydroxylation is 1. The molecule has 0 bridgehead atoms. The van der Waals surface area contributed by atoms with Crippen molar-refractivity contribution in [1.82, 2.24) is 0 Å². The Morgan fingerprint density at radius 1 is 0.619 bits per heavy atom. The zero-order valence-corrected chi connectivity index (χ0v) is 13.0. The van der Waals surface area contributed by atoms with Gasteiger partial charge in [0.15, 0.2) is 0 Å². The summed E-state index contributed by atoms with van der Waals surface area (Å²) in [7, 11) is 0. The summed E-state index contributed by atoms with van der Waals surface area (Å²) < 4.78 is 0. The Kier molecular flexibility index (Phi) is 5.34. The molecule has 0 aromatic heterocycles. The zero-order valence-electron chi connectivity index (χ0n) is 13.0. The van der Waals surface area contributed by atoms with Crippen molar-refractivity contribution in [1.29, 1.82) is 0 Å². The molecule has 106 valence electrons. The molecule has 0 saturated carbocycles. The van der Waals surface area contributed by atoms with Crippen LogP contribution < -0.4 is 10.4 Å². The fraction of sp³-hybridized carbons (Fsp3) is 0.143. The van der Waals surface area contributed by atoms with E-state index in [0.29, 0.717) is 0 Å². The van der Waals surface area contributed by atoms with Crippen LogP contribution in [0.4, 0.5) is 0 Å². The van der Waals surface area contributed by atoms with Gasteiger partial charge >= 0.3 is 0 Å². The minimum Gasteiger partial charge on any atom is -0.0798 e. The average Bonchev–Trinajstić information content (AvgIpc) is 2.55. The van der Waals surface area contributed by atoms with E-state index >= 15 is 0 Å². The van der Waals surface area contributed by atoms with Crippen molar-refractivity contribution in [2.75, 3.05) is 0 Å². The van der Waals surface area contributed by atoms with Gasteiger partial charge in [-0.3, -0.25) is 0 Å². The summed E-state index contributed by atoms with van der Waals surface area (Å²) in [6.07, 6.45) is 4.30. The molecule has 0 amide bonds. The zero-order chi connectivity index (χ0) is 15.1. The van der Waals surface area contributed by atoms with Crippen molar-refractivity contribution in [3.63, 3.8) is 0 Å². The van der Waals surface area contributed by atoms with E-state index in [4.69, 9.17) is 0 Å². The van der Waals surface area contributed by atoms with E-state index in [9.17, 15) is 0 Å². The third-order valence-electron chi connectivity index (χ3n) is 3.62. The Bertz CT molecular complexity index is 761. The van der Waals surface area contributed by atoms with Gasteiger partial charge in [-0.1, -0.05) is 78.9 Å². The third-order valence-corrected chi connectivity index (χ3v) is 3.62. The minimum absolute atomic E-state index is 1.31. The van der Waals surface area contributed by atoms with Crippen molar-refractivity contribution in [3.05, 3.63) is 82.7 Å². The van der Waals surface area contributed by atoms with Crippen molar-refractivity contribution >= 4 is 22.9 Å². The smallest absolute Gasteiger partial charge is 0.0184 e. The van der Waals surface area contributed by atoms with Gasteiger partial charge in [0.1, 0.15) is 0 Å². The maximum absolute atomic E-state index is 2.16. The van der Waals surface area contributed by atoms with Crippen molar-refractivity contribution in [2.24, 2.45) is 0 Å². The molecule has 3 rings (SSSR count). The van der Waals surface area contributed by atoms with Crippen LogP contribution in [-0.2, 0) is 0 Å². The van der Waals surface area contributed by atoms with Crippen LogP contribution in [0.15, 0.2) is 66.7 Å². The molecule has 3 aromatic carbocycles. The second kappa shape index (κ2) is 7.44. The topological polar surface area (TPSA) is 0 Å². The average molecular weight is 274 g/mol. The standard InChI is InChI=1S/C11H14.C10H8/c1-4-10-8-6-7-9(3)11(10)5-2;1-2-6-10-8-4-3-7-9(10)5-1/h4-8H,1-3H3;1-8H/b10-4-,11-5-;. The molecule has 0 heteroatoms. The first-order valence-electron chi connectivity index (χ1n) is 7.38. The molecular weight excluding hydrogens is 252 g/mol. The summed E-state index contributed by atoms with van der Waals surface area (Å²) in [4.78, 5) is 0. The van der Waals surface area contributed by atoms with Crippen molar-refractivity contribution in [3.8, 4) is 0 Å². The highest BCUT2D eigenvalue weighted by atomic mass is 13.9. The SMILES string of the molecule is C/C=c1/cccc(C)/c1=C/C.c1ccc2ccccc2c1. The van der Waals surface area contributed by atoms with Gasteiger partial charge in [0.05, 0.1) is 0 Å². The largest absolute Gasteiger partial charge is 0.0798 e. The maximum Gasteiger partial charge on any atom is -0.0184 e. The Balaban J connectivity index is 0.000000154. The second-order valence-electron chi connectivity index (χ2n) is 5.00. The molecule has 0 fully saturated rings. The van der Waals surface area contributed by atoms with Gasteiger partial charge in [-0.05, 0) is 47.5 Å². The maximum atomic E-state index is 2.16. The molecule has 0 saturated heterocycles. The van der Waals surface area contributed by atoms with Crippen molar-refractivity contribution in [2.45, 2.75) is 20.8 Å². The van der Waals surface area contributed by atoms with Gasteiger partial charge in [-0.15, -0.1) is 0 Å². The molecule has 0 aliphatic carbocycles.